The largest absolute Gasteiger partial charge is 0.368 e. The smallest absolute Gasteiger partial charge is 0.234 e. The molecule has 1 aliphatic rings. The van der Waals surface area contributed by atoms with Gasteiger partial charge in [-0.25, -0.2) is 4.98 Å². The van der Waals surface area contributed by atoms with Crippen molar-refractivity contribution in [1.82, 2.24) is 4.98 Å². The molecule has 1 aliphatic carbocycles. The number of rotatable bonds is 3. The van der Waals surface area contributed by atoms with Gasteiger partial charge in [0.2, 0.25) is 5.91 Å². The van der Waals surface area contributed by atoms with Gasteiger partial charge in [0.05, 0.1) is 17.2 Å². The van der Waals surface area contributed by atoms with Crippen molar-refractivity contribution < 1.29 is 4.79 Å². The van der Waals surface area contributed by atoms with Crippen LogP contribution in [0.4, 0.5) is 0 Å². The lowest BCUT2D eigenvalue weighted by atomic mass is 9.86. The van der Waals surface area contributed by atoms with Crippen LogP contribution in [-0.2, 0) is 11.2 Å². The predicted octanol–water partition coefficient (Wildman–Crippen LogP) is 0.766. The van der Waals surface area contributed by atoms with Crippen molar-refractivity contribution in [3.05, 3.63) is 16.1 Å². The quantitative estimate of drug-likeness (QED) is 0.797. The number of nitrogens with two attached hydrogens (primary N) is 2. The minimum absolute atomic E-state index is 0.322. The fourth-order valence-corrected chi connectivity index (χ4v) is 2.99. The van der Waals surface area contributed by atoms with E-state index in [9.17, 15) is 4.79 Å². The summed E-state index contributed by atoms with van der Waals surface area (Å²) >= 11 is 1.70. The number of hydrogen-bond donors (Lipinski definition) is 2. The molecule has 0 aliphatic heterocycles. The average molecular weight is 225 g/mol. The molecule has 0 fully saturated rings. The van der Waals surface area contributed by atoms with Crippen LogP contribution in [0.1, 0.15) is 35.8 Å². The van der Waals surface area contributed by atoms with Gasteiger partial charge in [-0.15, -0.1) is 11.3 Å². The fourth-order valence-electron chi connectivity index (χ4n) is 2.10. The van der Waals surface area contributed by atoms with Crippen molar-refractivity contribution in [3.8, 4) is 0 Å². The number of hydrogen-bond acceptors (Lipinski definition) is 4. The number of amides is 1. The number of thiazole rings is 1. The molecule has 4 N–H and O–H groups in total. The van der Waals surface area contributed by atoms with E-state index >= 15 is 0 Å². The summed E-state index contributed by atoms with van der Waals surface area (Å²) in [5.41, 5.74) is 13.9. The third-order valence-electron chi connectivity index (χ3n) is 2.92. The van der Waals surface area contributed by atoms with Gasteiger partial charge in [0.1, 0.15) is 0 Å². The molecule has 0 radical (unpaired) electrons. The van der Waals surface area contributed by atoms with Crippen molar-refractivity contribution in [2.24, 2.45) is 11.5 Å². The molecule has 15 heavy (non-hydrogen) atoms. The van der Waals surface area contributed by atoms with Crippen LogP contribution in [0, 0.1) is 0 Å². The molecule has 0 spiro atoms. The number of aromatic nitrogens is 1. The molecule has 1 aromatic rings. The minimum Gasteiger partial charge on any atom is -0.368 e. The van der Waals surface area contributed by atoms with Crippen LogP contribution in [0.25, 0.3) is 0 Å². The number of carbonyl (C=O) groups excluding carboxylic acids is 1. The van der Waals surface area contributed by atoms with E-state index in [1.165, 1.54) is 4.88 Å². The molecule has 2 atom stereocenters. The van der Waals surface area contributed by atoms with Gasteiger partial charge in [-0.2, -0.15) is 0 Å². The van der Waals surface area contributed by atoms with E-state index in [1.54, 1.807) is 11.3 Å². The van der Waals surface area contributed by atoms with Crippen LogP contribution in [0.2, 0.25) is 0 Å². The molecule has 0 bridgehead atoms. The summed E-state index contributed by atoms with van der Waals surface area (Å²) in [6, 6.07) is -0.539. The minimum atomic E-state index is -0.539. The Hall–Kier alpha value is -0.940. The molecule has 0 saturated carbocycles. The molecule has 1 aromatic heterocycles. The SMILES string of the molecule is NC(=O)C(N)CC1CCCc2scnc21. The van der Waals surface area contributed by atoms with Gasteiger partial charge in [-0.3, -0.25) is 4.79 Å². The number of aryl methyl sites for hydroxylation is 1. The highest BCUT2D eigenvalue weighted by molar-refractivity contribution is 7.09. The molecule has 0 saturated heterocycles. The predicted molar refractivity (Wildman–Crippen MR) is 59.6 cm³/mol. The summed E-state index contributed by atoms with van der Waals surface area (Å²) in [6.07, 6.45) is 3.97. The number of fused-ring (bicyclic) bond motifs is 1. The van der Waals surface area contributed by atoms with Crippen molar-refractivity contribution >= 4 is 17.2 Å². The van der Waals surface area contributed by atoms with E-state index < -0.39 is 11.9 Å². The number of nitrogens with zero attached hydrogens (tertiary/aromatic N) is 1. The Bertz CT molecular complexity index is 363. The number of primary amides is 1. The summed E-state index contributed by atoms with van der Waals surface area (Å²) in [5.74, 6) is -0.0974. The van der Waals surface area contributed by atoms with Crippen LogP contribution in [0.3, 0.4) is 0 Å². The third kappa shape index (κ3) is 2.18. The first-order valence-electron chi connectivity index (χ1n) is 5.15. The van der Waals surface area contributed by atoms with E-state index in [4.69, 9.17) is 11.5 Å². The van der Waals surface area contributed by atoms with Gasteiger partial charge in [-0.1, -0.05) is 0 Å². The van der Waals surface area contributed by atoms with E-state index in [2.05, 4.69) is 4.98 Å². The highest BCUT2D eigenvalue weighted by Crippen LogP contribution is 2.35. The zero-order valence-electron chi connectivity index (χ0n) is 8.48. The molecule has 1 heterocycles. The maximum atomic E-state index is 10.9. The van der Waals surface area contributed by atoms with E-state index in [-0.39, 0.29) is 0 Å². The van der Waals surface area contributed by atoms with E-state index in [0.717, 1.165) is 25.0 Å². The van der Waals surface area contributed by atoms with Crippen molar-refractivity contribution in [2.45, 2.75) is 37.6 Å². The molecular formula is C10H15N3OS. The zero-order chi connectivity index (χ0) is 10.8. The topological polar surface area (TPSA) is 82.0 Å². The molecule has 4 nitrogen and oxygen atoms in total. The summed E-state index contributed by atoms with van der Waals surface area (Å²) in [6.45, 7) is 0. The standard InChI is InChI=1S/C10H15N3OS/c11-7(10(12)14)4-6-2-1-3-8-9(6)13-5-15-8/h5-7H,1-4,11H2,(H2,12,14). The molecule has 0 aromatic carbocycles. The highest BCUT2D eigenvalue weighted by atomic mass is 32.1. The Morgan fingerprint density at radius 2 is 2.53 bits per heavy atom. The Balaban J connectivity index is 2.09. The van der Waals surface area contributed by atoms with Crippen LogP contribution in [0.15, 0.2) is 5.51 Å². The van der Waals surface area contributed by atoms with E-state index in [1.807, 2.05) is 5.51 Å². The Labute approximate surface area is 92.7 Å². The van der Waals surface area contributed by atoms with Crippen molar-refractivity contribution in [2.75, 3.05) is 0 Å². The van der Waals surface area contributed by atoms with E-state index in [0.29, 0.717) is 12.3 Å². The molecule has 2 unspecified atom stereocenters. The third-order valence-corrected chi connectivity index (χ3v) is 3.83. The van der Waals surface area contributed by atoms with Gasteiger partial charge in [0, 0.05) is 10.8 Å². The second-order valence-corrected chi connectivity index (χ2v) is 4.93. The van der Waals surface area contributed by atoms with Crippen LogP contribution in [-0.4, -0.2) is 16.9 Å². The monoisotopic (exact) mass is 225 g/mol. The zero-order valence-corrected chi connectivity index (χ0v) is 9.30. The molecule has 82 valence electrons. The van der Waals surface area contributed by atoms with Gasteiger partial charge in [0.25, 0.3) is 0 Å². The maximum absolute atomic E-state index is 10.9. The highest BCUT2D eigenvalue weighted by Gasteiger charge is 2.26. The van der Waals surface area contributed by atoms with Gasteiger partial charge >= 0.3 is 0 Å². The summed E-state index contributed by atoms with van der Waals surface area (Å²) < 4.78 is 0. The molecule has 5 heteroatoms. The lowest BCUT2D eigenvalue weighted by Crippen LogP contribution is -2.38. The van der Waals surface area contributed by atoms with Gasteiger partial charge in [0.15, 0.2) is 0 Å². The lowest BCUT2D eigenvalue weighted by molar-refractivity contribution is -0.119. The van der Waals surface area contributed by atoms with Crippen LogP contribution < -0.4 is 11.5 Å². The van der Waals surface area contributed by atoms with Gasteiger partial charge < -0.3 is 11.5 Å². The summed E-state index contributed by atoms with van der Waals surface area (Å²) in [4.78, 5) is 16.6. The lowest BCUT2D eigenvalue weighted by Gasteiger charge is -2.22. The normalized spacial score (nSPS) is 22.1. The molecular weight excluding hydrogens is 210 g/mol. The average Bonchev–Trinajstić information content (AvgIpc) is 2.66. The van der Waals surface area contributed by atoms with Crippen LogP contribution >= 0.6 is 11.3 Å². The van der Waals surface area contributed by atoms with Crippen molar-refractivity contribution in [3.63, 3.8) is 0 Å². The number of carbonyl (C=O) groups is 1. The Morgan fingerprint density at radius 1 is 1.73 bits per heavy atom. The second kappa shape index (κ2) is 4.28. The second-order valence-electron chi connectivity index (χ2n) is 3.99. The Kier molecular flexibility index (Phi) is 3.02. The first kappa shape index (κ1) is 10.6. The molecule has 2 rings (SSSR count). The summed E-state index contributed by atoms with van der Waals surface area (Å²) in [5, 5.41) is 0. The fraction of sp³-hybridized carbons (Fsp3) is 0.600. The van der Waals surface area contributed by atoms with Gasteiger partial charge in [-0.05, 0) is 25.7 Å². The first-order valence-corrected chi connectivity index (χ1v) is 6.03. The van der Waals surface area contributed by atoms with Crippen LogP contribution in [0.5, 0.6) is 0 Å². The maximum Gasteiger partial charge on any atom is 0.234 e. The molecule has 1 amide bonds. The summed E-state index contributed by atoms with van der Waals surface area (Å²) in [7, 11) is 0. The van der Waals surface area contributed by atoms with Crippen molar-refractivity contribution in [1.29, 1.82) is 0 Å². The Morgan fingerprint density at radius 3 is 3.27 bits per heavy atom. The first-order chi connectivity index (χ1) is 7.18.